The maximum Gasteiger partial charge on any atom is 0.270 e. The van der Waals surface area contributed by atoms with Gasteiger partial charge in [0.15, 0.2) is 0 Å². The molecule has 3 rings (SSSR count). The second-order valence-corrected chi connectivity index (χ2v) is 6.29. The summed E-state index contributed by atoms with van der Waals surface area (Å²) in [4.78, 5) is 20.5. The molecular weight excluding hydrogens is 267 g/mol. The number of nitrogens with zero attached hydrogens (tertiary/aromatic N) is 1. The van der Waals surface area contributed by atoms with Crippen LogP contribution in [0, 0.1) is 10.1 Å². The fraction of sp³-hybridized carbons (Fsp3) is 0. The van der Waals surface area contributed by atoms with Crippen LogP contribution in [-0.2, 0) is 4.57 Å². The fourth-order valence-electron chi connectivity index (χ4n) is 2.11. The number of rotatable bonds is 1. The zero-order valence-corrected chi connectivity index (χ0v) is 10.5. The van der Waals surface area contributed by atoms with Crippen LogP contribution in [-0.4, -0.2) is 9.82 Å². The highest BCUT2D eigenvalue weighted by Gasteiger charge is 2.35. The molecule has 0 fully saturated rings. The van der Waals surface area contributed by atoms with E-state index in [0.29, 0.717) is 11.4 Å². The van der Waals surface area contributed by atoms with Crippen molar-refractivity contribution in [3.8, 4) is 0 Å². The molecule has 1 aliphatic rings. The smallest absolute Gasteiger partial charge is 0.270 e. The number of nitro groups is 1. The highest BCUT2D eigenvalue weighted by atomic mass is 31.2. The maximum absolute atomic E-state index is 12.5. The molecule has 0 aromatic heterocycles. The zero-order chi connectivity index (χ0) is 13.6. The monoisotopic (exact) mass is 276 g/mol. The van der Waals surface area contributed by atoms with Gasteiger partial charge >= 0.3 is 0 Å². The van der Waals surface area contributed by atoms with Crippen LogP contribution in [0.4, 0.5) is 17.1 Å². The van der Waals surface area contributed by atoms with Gasteiger partial charge in [0.05, 0.1) is 26.9 Å². The van der Waals surface area contributed by atoms with Crippen molar-refractivity contribution < 1.29 is 14.4 Å². The summed E-state index contributed by atoms with van der Waals surface area (Å²) >= 11 is 0. The lowest BCUT2D eigenvalue weighted by Crippen LogP contribution is -2.26. The van der Waals surface area contributed by atoms with Gasteiger partial charge in [-0.15, -0.1) is 0 Å². The van der Waals surface area contributed by atoms with E-state index in [-0.39, 0.29) is 16.3 Å². The third-order valence-corrected chi connectivity index (χ3v) is 5.08. The van der Waals surface area contributed by atoms with E-state index in [2.05, 4.69) is 5.32 Å². The van der Waals surface area contributed by atoms with E-state index in [4.69, 9.17) is 0 Å². The molecule has 0 aliphatic carbocycles. The summed E-state index contributed by atoms with van der Waals surface area (Å²) in [7, 11) is -3.80. The van der Waals surface area contributed by atoms with E-state index in [0.717, 1.165) is 6.07 Å². The molecule has 2 aromatic rings. The highest BCUT2D eigenvalue weighted by molar-refractivity contribution is 7.74. The Morgan fingerprint density at radius 1 is 1.11 bits per heavy atom. The molecular formula is C12H9N2O4P. The van der Waals surface area contributed by atoms with E-state index in [1.165, 1.54) is 12.1 Å². The van der Waals surface area contributed by atoms with Crippen LogP contribution in [0.1, 0.15) is 0 Å². The molecule has 7 heteroatoms. The number of fused-ring (bicyclic) bond motifs is 2. The van der Waals surface area contributed by atoms with Crippen molar-refractivity contribution in [2.75, 3.05) is 5.32 Å². The molecule has 0 amide bonds. The first-order chi connectivity index (χ1) is 9.00. The van der Waals surface area contributed by atoms with Gasteiger partial charge in [0.25, 0.3) is 13.1 Å². The minimum atomic E-state index is -3.80. The molecule has 1 atom stereocenters. The normalized spacial score (nSPS) is 20.1. The molecule has 0 bridgehead atoms. The van der Waals surface area contributed by atoms with Gasteiger partial charge in [-0.25, -0.2) is 0 Å². The Morgan fingerprint density at radius 3 is 2.53 bits per heavy atom. The quantitative estimate of drug-likeness (QED) is 0.471. The Labute approximate surface area is 108 Å². The molecule has 0 spiro atoms. The third-order valence-electron chi connectivity index (χ3n) is 3.02. The summed E-state index contributed by atoms with van der Waals surface area (Å²) in [5, 5.41) is 14.1. The Hall–Kier alpha value is -2.17. The fourth-order valence-corrected chi connectivity index (χ4v) is 3.88. The number of hydrogen-bond donors (Lipinski definition) is 2. The SMILES string of the molecule is O=[N+]([O-])c1ccc2c(c1)P(=O)(O)c1ccccc1N2. The summed E-state index contributed by atoms with van der Waals surface area (Å²) in [6.45, 7) is 0. The third kappa shape index (κ3) is 1.73. The van der Waals surface area contributed by atoms with E-state index in [9.17, 15) is 19.6 Å². The minimum Gasteiger partial charge on any atom is -0.354 e. The van der Waals surface area contributed by atoms with Gasteiger partial charge in [-0.05, 0) is 18.2 Å². The first-order valence-corrected chi connectivity index (χ1v) is 7.14. The van der Waals surface area contributed by atoms with Gasteiger partial charge in [0.2, 0.25) is 0 Å². The van der Waals surface area contributed by atoms with E-state index in [1.807, 2.05) is 0 Å². The second-order valence-electron chi connectivity index (χ2n) is 4.18. The molecule has 6 nitrogen and oxygen atoms in total. The van der Waals surface area contributed by atoms with Crippen molar-refractivity contribution in [2.45, 2.75) is 0 Å². The first kappa shape index (κ1) is 11.9. The van der Waals surface area contributed by atoms with Crippen LogP contribution in [0.5, 0.6) is 0 Å². The largest absolute Gasteiger partial charge is 0.354 e. The van der Waals surface area contributed by atoms with Crippen LogP contribution in [0.15, 0.2) is 42.5 Å². The molecule has 1 heterocycles. The summed E-state index contributed by atoms with van der Waals surface area (Å²) in [6.07, 6.45) is 0. The summed E-state index contributed by atoms with van der Waals surface area (Å²) < 4.78 is 12.5. The van der Waals surface area contributed by atoms with Crippen LogP contribution in [0.25, 0.3) is 0 Å². The van der Waals surface area contributed by atoms with Gasteiger partial charge in [-0.3, -0.25) is 14.7 Å². The number of para-hydroxylation sites is 1. The number of benzene rings is 2. The average Bonchev–Trinajstić information content (AvgIpc) is 2.38. The summed E-state index contributed by atoms with van der Waals surface area (Å²) in [5.74, 6) is 0. The Morgan fingerprint density at radius 2 is 1.79 bits per heavy atom. The molecule has 19 heavy (non-hydrogen) atoms. The van der Waals surface area contributed by atoms with Gasteiger partial charge in [0.1, 0.15) is 0 Å². The molecule has 96 valence electrons. The van der Waals surface area contributed by atoms with Gasteiger partial charge < -0.3 is 10.2 Å². The lowest BCUT2D eigenvalue weighted by molar-refractivity contribution is -0.384. The number of hydrogen-bond acceptors (Lipinski definition) is 4. The zero-order valence-electron chi connectivity index (χ0n) is 9.61. The number of anilines is 2. The van der Waals surface area contributed by atoms with E-state index >= 15 is 0 Å². The van der Waals surface area contributed by atoms with Crippen LogP contribution in [0.3, 0.4) is 0 Å². The van der Waals surface area contributed by atoms with Crippen LogP contribution >= 0.6 is 7.37 Å². The minimum absolute atomic E-state index is 0.0698. The molecule has 0 saturated heterocycles. The van der Waals surface area contributed by atoms with Crippen LogP contribution in [0.2, 0.25) is 0 Å². The van der Waals surface area contributed by atoms with Gasteiger partial charge in [0, 0.05) is 12.1 Å². The Bertz CT molecular complexity index is 744. The van der Waals surface area contributed by atoms with Crippen molar-refractivity contribution in [1.82, 2.24) is 0 Å². The summed E-state index contributed by atoms with van der Waals surface area (Å²) in [6, 6.07) is 10.6. The van der Waals surface area contributed by atoms with Gasteiger partial charge in [-0.1, -0.05) is 12.1 Å². The second kappa shape index (κ2) is 3.91. The van der Waals surface area contributed by atoms with Crippen molar-refractivity contribution >= 4 is 35.0 Å². The molecule has 0 saturated carbocycles. The molecule has 2 N–H and O–H groups in total. The van der Waals surface area contributed by atoms with Gasteiger partial charge in [-0.2, -0.15) is 0 Å². The van der Waals surface area contributed by atoms with E-state index < -0.39 is 12.3 Å². The van der Waals surface area contributed by atoms with Crippen molar-refractivity contribution in [2.24, 2.45) is 0 Å². The maximum atomic E-state index is 12.5. The predicted octanol–water partition coefficient (Wildman–Crippen LogP) is 1.87. The lowest BCUT2D eigenvalue weighted by Gasteiger charge is -2.25. The molecule has 0 radical (unpaired) electrons. The molecule has 2 aromatic carbocycles. The number of non-ortho nitro benzene ring substituents is 1. The predicted molar refractivity (Wildman–Crippen MR) is 71.9 cm³/mol. The average molecular weight is 276 g/mol. The highest BCUT2D eigenvalue weighted by Crippen LogP contribution is 2.47. The first-order valence-electron chi connectivity index (χ1n) is 5.48. The van der Waals surface area contributed by atoms with Crippen LogP contribution < -0.4 is 15.9 Å². The standard InChI is InChI=1S/C12H9N2O4P/c15-14(16)8-5-6-10-12(7-8)19(17,18)11-4-2-1-3-9(11)13-10/h1-7,13H,(H,17,18). The number of nitro benzene ring substituents is 1. The van der Waals surface area contributed by atoms with Crippen molar-refractivity contribution in [3.63, 3.8) is 0 Å². The summed E-state index contributed by atoms with van der Waals surface area (Å²) in [5.41, 5.74) is 0.777. The molecule has 1 aliphatic heterocycles. The number of nitrogens with one attached hydrogen (secondary N) is 1. The Balaban J connectivity index is 2.26. The topological polar surface area (TPSA) is 92.5 Å². The molecule has 1 unspecified atom stereocenters. The van der Waals surface area contributed by atoms with E-state index in [1.54, 1.807) is 24.3 Å². The van der Waals surface area contributed by atoms with Crippen molar-refractivity contribution in [3.05, 3.63) is 52.6 Å². The Kier molecular flexibility index (Phi) is 2.45. The van der Waals surface area contributed by atoms with Crippen molar-refractivity contribution in [1.29, 1.82) is 0 Å². The lowest BCUT2D eigenvalue weighted by atomic mass is 10.2.